The van der Waals surface area contributed by atoms with Crippen LogP contribution in [-0.4, -0.2) is 24.5 Å². The zero-order valence-corrected chi connectivity index (χ0v) is 10.1. The molecule has 104 valence electrons. The number of ether oxygens (including phenoxy) is 1. The molecule has 0 spiro atoms. The van der Waals surface area contributed by atoms with Gasteiger partial charge in [0.25, 0.3) is 0 Å². The van der Waals surface area contributed by atoms with Crippen molar-refractivity contribution in [1.82, 2.24) is 0 Å². The van der Waals surface area contributed by atoms with Crippen LogP contribution in [0.5, 0.6) is 5.75 Å². The molecule has 0 aliphatic carbocycles. The smallest absolute Gasteiger partial charge is 0.416 e. The lowest BCUT2D eigenvalue weighted by molar-refractivity contribution is -0.210. The van der Waals surface area contributed by atoms with Gasteiger partial charge in [0.1, 0.15) is 0 Å². The summed E-state index contributed by atoms with van der Waals surface area (Å²) in [5.74, 6) is -0.947. The highest BCUT2D eigenvalue weighted by Crippen LogP contribution is 2.30. The fourth-order valence-corrected chi connectivity index (χ4v) is 1.28. The maximum atomic E-state index is 13.2. The topological polar surface area (TPSA) is 55.5 Å². The summed E-state index contributed by atoms with van der Waals surface area (Å²) in [7, 11) is 1.22. The maximum Gasteiger partial charge on any atom is 0.416 e. The first-order chi connectivity index (χ1) is 7.77. The molecule has 1 rings (SSSR count). The lowest BCUT2D eigenvalue weighted by Crippen LogP contribution is -2.38. The highest BCUT2D eigenvalue weighted by atomic mass is 35.5. The zero-order chi connectivity index (χ0) is 13.2. The van der Waals surface area contributed by atoms with Crippen LogP contribution in [0.1, 0.15) is 11.6 Å². The van der Waals surface area contributed by atoms with Gasteiger partial charge in [0, 0.05) is 0 Å². The molecule has 2 atom stereocenters. The molecule has 0 bridgehead atoms. The van der Waals surface area contributed by atoms with Gasteiger partial charge in [0.15, 0.2) is 17.7 Å². The van der Waals surface area contributed by atoms with E-state index < -0.39 is 24.1 Å². The van der Waals surface area contributed by atoms with Crippen LogP contribution < -0.4 is 10.5 Å². The molecule has 0 aromatic heterocycles. The van der Waals surface area contributed by atoms with Crippen molar-refractivity contribution >= 4 is 12.4 Å². The van der Waals surface area contributed by atoms with E-state index >= 15 is 0 Å². The highest BCUT2D eigenvalue weighted by molar-refractivity contribution is 5.85. The summed E-state index contributed by atoms with van der Waals surface area (Å²) >= 11 is 0. The van der Waals surface area contributed by atoms with Gasteiger partial charge in [-0.3, -0.25) is 0 Å². The molecule has 0 unspecified atom stereocenters. The number of aliphatic hydroxyl groups excluding tert-OH is 1. The second-order valence-corrected chi connectivity index (χ2v) is 3.41. The number of nitrogens with two attached hydrogens (primary N) is 1. The molecule has 0 fully saturated rings. The second-order valence-electron chi connectivity index (χ2n) is 3.41. The van der Waals surface area contributed by atoms with Gasteiger partial charge in [0.2, 0.25) is 0 Å². The lowest BCUT2D eigenvalue weighted by atomic mass is 10.0. The van der Waals surface area contributed by atoms with Crippen molar-refractivity contribution in [2.75, 3.05) is 7.11 Å². The van der Waals surface area contributed by atoms with E-state index in [0.717, 1.165) is 12.1 Å². The number of halogens is 5. The first-order valence-corrected chi connectivity index (χ1v) is 4.61. The van der Waals surface area contributed by atoms with Gasteiger partial charge in [-0.1, -0.05) is 6.07 Å². The van der Waals surface area contributed by atoms with E-state index in [9.17, 15) is 17.6 Å². The summed E-state index contributed by atoms with van der Waals surface area (Å²) < 4.78 is 54.4. The van der Waals surface area contributed by atoms with Crippen LogP contribution in [-0.2, 0) is 0 Å². The average molecular weight is 290 g/mol. The van der Waals surface area contributed by atoms with E-state index in [1.807, 2.05) is 0 Å². The van der Waals surface area contributed by atoms with Gasteiger partial charge >= 0.3 is 6.18 Å². The van der Waals surface area contributed by atoms with Gasteiger partial charge in [-0.15, -0.1) is 12.4 Å². The lowest BCUT2D eigenvalue weighted by Gasteiger charge is -2.21. The SMILES string of the molecule is COc1ccc([C@H](N)[C@H](O)C(F)(F)F)cc1F.Cl. The van der Waals surface area contributed by atoms with Crippen LogP contribution in [0.2, 0.25) is 0 Å². The Labute approximate surface area is 107 Å². The van der Waals surface area contributed by atoms with Gasteiger partial charge < -0.3 is 15.6 Å². The fraction of sp³-hybridized carbons (Fsp3) is 0.400. The average Bonchev–Trinajstić information content (AvgIpc) is 2.25. The van der Waals surface area contributed by atoms with Crippen LogP contribution in [0, 0.1) is 5.82 Å². The Morgan fingerprint density at radius 1 is 1.33 bits per heavy atom. The molecule has 3 N–H and O–H groups in total. The third-order valence-electron chi connectivity index (χ3n) is 2.24. The third-order valence-corrected chi connectivity index (χ3v) is 2.24. The maximum absolute atomic E-state index is 13.2. The van der Waals surface area contributed by atoms with Gasteiger partial charge in [-0.2, -0.15) is 13.2 Å². The number of alkyl halides is 3. The molecule has 0 aliphatic heterocycles. The monoisotopic (exact) mass is 289 g/mol. The molecule has 0 aliphatic rings. The summed E-state index contributed by atoms with van der Waals surface area (Å²) in [5, 5.41) is 8.92. The van der Waals surface area contributed by atoms with E-state index in [1.165, 1.54) is 13.2 Å². The largest absolute Gasteiger partial charge is 0.494 e. The molecule has 0 radical (unpaired) electrons. The van der Waals surface area contributed by atoms with E-state index in [4.69, 9.17) is 10.8 Å². The van der Waals surface area contributed by atoms with Crippen LogP contribution in [0.15, 0.2) is 18.2 Å². The van der Waals surface area contributed by atoms with Gasteiger partial charge in [-0.05, 0) is 17.7 Å². The second kappa shape index (κ2) is 6.21. The third kappa shape index (κ3) is 3.72. The van der Waals surface area contributed by atoms with Crippen molar-refractivity contribution in [2.45, 2.75) is 18.3 Å². The minimum atomic E-state index is -4.85. The Balaban J connectivity index is 0.00000289. The van der Waals surface area contributed by atoms with Crippen LogP contribution in [0.4, 0.5) is 17.6 Å². The summed E-state index contributed by atoms with van der Waals surface area (Å²) in [6.45, 7) is 0. The van der Waals surface area contributed by atoms with Gasteiger partial charge in [0.05, 0.1) is 13.2 Å². The Kier molecular flexibility index (Phi) is 5.85. The quantitative estimate of drug-likeness (QED) is 0.839. The van der Waals surface area contributed by atoms with E-state index in [2.05, 4.69) is 4.74 Å². The van der Waals surface area contributed by atoms with Crippen molar-refractivity contribution < 1.29 is 27.4 Å². The zero-order valence-electron chi connectivity index (χ0n) is 9.24. The first kappa shape index (κ1) is 16.9. The van der Waals surface area contributed by atoms with E-state index in [0.29, 0.717) is 0 Å². The number of aliphatic hydroxyl groups is 1. The molecule has 0 heterocycles. The number of hydrogen-bond donors (Lipinski definition) is 2. The summed E-state index contributed by atoms with van der Waals surface area (Å²) in [5.41, 5.74) is 5.05. The fourth-order valence-electron chi connectivity index (χ4n) is 1.28. The van der Waals surface area contributed by atoms with E-state index in [-0.39, 0.29) is 23.7 Å². The van der Waals surface area contributed by atoms with Crippen LogP contribution in [0.25, 0.3) is 0 Å². The van der Waals surface area contributed by atoms with Crippen molar-refractivity contribution in [3.63, 3.8) is 0 Å². The normalized spacial score (nSPS) is 14.6. The number of methoxy groups -OCH3 is 1. The number of rotatable bonds is 3. The van der Waals surface area contributed by atoms with Crippen molar-refractivity contribution in [3.05, 3.63) is 29.6 Å². The van der Waals surface area contributed by atoms with Crippen molar-refractivity contribution in [3.8, 4) is 5.75 Å². The van der Waals surface area contributed by atoms with Gasteiger partial charge in [-0.25, -0.2) is 4.39 Å². The molecular weight excluding hydrogens is 278 g/mol. The predicted molar refractivity (Wildman–Crippen MR) is 59.2 cm³/mol. The van der Waals surface area contributed by atoms with Crippen molar-refractivity contribution in [2.24, 2.45) is 5.73 Å². The Morgan fingerprint density at radius 2 is 1.89 bits per heavy atom. The molecule has 8 heteroatoms. The summed E-state index contributed by atoms with van der Waals surface area (Å²) in [4.78, 5) is 0. The molecule has 1 aromatic rings. The first-order valence-electron chi connectivity index (χ1n) is 4.61. The highest BCUT2D eigenvalue weighted by Gasteiger charge is 2.42. The van der Waals surface area contributed by atoms with Crippen LogP contribution in [0.3, 0.4) is 0 Å². The minimum Gasteiger partial charge on any atom is -0.494 e. The molecule has 0 amide bonds. The molecule has 3 nitrogen and oxygen atoms in total. The van der Waals surface area contributed by atoms with Crippen molar-refractivity contribution in [1.29, 1.82) is 0 Å². The van der Waals surface area contributed by atoms with Crippen LogP contribution >= 0.6 is 12.4 Å². The molecule has 0 saturated heterocycles. The minimum absolute atomic E-state index is 0. The summed E-state index contributed by atoms with van der Waals surface area (Å²) in [6, 6.07) is 1.38. The predicted octanol–water partition coefficient (Wildman–Crippen LogP) is 2.18. The van der Waals surface area contributed by atoms with E-state index in [1.54, 1.807) is 0 Å². The number of benzene rings is 1. The molecular formula is C10H12ClF4NO2. The Bertz CT molecular complexity index is 400. The molecule has 1 aromatic carbocycles. The number of hydrogen-bond acceptors (Lipinski definition) is 3. The summed E-state index contributed by atoms with van der Waals surface area (Å²) in [6.07, 6.45) is -7.59. The molecule has 18 heavy (non-hydrogen) atoms. The Morgan fingerprint density at radius 3 is 2.28 bits per heavy atom. The Hall–Kier alpha value is -1.05. The standard InChI is InChI=1S/C10H11F4NO2.ClH/c1-17-7-3-2-5(4-6(7)11)8(15)9(16)10(12,13)14;/h2-4,8-9,16H,15H2,1H3;1H/t8-,9-;/m0./s1. The molecule has 0 saturated carbocycles.